The predicted molar refractivity (Wildman–Crippen MR) is 73.0 cm³/mol. The van der Waals surface area contributed by atoms with E-state index in [4.69, 9.17) is 16.3 Å². The van der Waals surface area contributed by atoms with Gasteiger partial charge in [-0.1, -0.05) is 23.7 Å². The van der Waals surface area contributed by atoms with Crippen molar-refractivity contribution in [3.8, 4) is 17.1 Å². The van der Waals surface area contributed by atoms with E-state index in [1.54, 1.807) is 18.2 Å². The number of hydrogen-bond acceptors (Lipinski definition) is 2. The van der Waals surface area contributed by atoms with Crippen molar-refractivity contribution in [2.45, 2.75) is 0 Å². The molecule has 5 heteroatoms. The number of aromatic nitrogens is 2. The molecule has 0 saturated heterocycles. The summed E-state index contributed by atoms with van der Waals surface area (Å²) in [7, 11) is 1.49. The third-order valence-electron chi connectivity index (χ3n) is 2.90. The minimum absolute atomic E-state index is 0.303. The molecule has 0 saturated carbocycles. The zero-order valence-corrected chi connectivity index (χ0v) is 10.8. The Bertz CT molecular complexity index is 754. The van der Waals surface area contributed by atoms with Crippen molar-refractivity contribution in [3.05, 3.63) is 47.2 Å². The second-order valence-corrected chi connectivity index (χ2v) is 4.45. The lowest BCUT2D eigenvalue weighted by Gasteiger charge is -2.06. The quantitative estimate of drug-likeness (QED) is 0.767. The summed E-state index contributed by atoms with van der Waals surface area (Å²) in [6.45, 7) is 0. The Morgan fingerprint density at radius 1 is 1.21 bits per heavy atom. The maximum atomic E-state index is 14.0. The van der Waals surface area contributed by atoms with Gasteiger partial charge < -0.3 is 9.72 Å². The molecule has 96 valence electrons. The molecule has 0 radical (unpaired) electrons. The van der Waals surface area contributed by atoms with E-state index >= 15 is 0 Å². The average molecular weight is 277 g/mol. The Morgan fingerprint density at radius 3 is 2.74 bits per heavy atom. The third kappa shape index (κ3) is 1.94. The normalized spacial score (nSPS) is 10.9. The summed E-state index contributed by atoms with van der Waals surface area (Å²) in [5.41, 5.74) is 1.68. The molecule has 1 N–H and O–H groups in total. The van der Waals surface area contributed by atoms with E-state index in [2.05, 4.69) is 9.97 Å². The number of imidazole rings is 1. The number of benzene rings is 2. The molecule has 1 heterocycles. The van der Waals surface area contributed by atoms with Crippen LogP contribution in [0, 0.1) is 5.82 Å². The number of nitrogens with one attached hydrogen (secondary N) is 1. The van der Waals surface area contributed by atoms with Crippen LogP contribution in [-0.4, -0.2) is 17.1 Å². The van der Waals surface area contributed by atoms with Gasteiger partial charge in [-0.2, -0.15) is 0 Å². The fourth-order valence-electron chi connectivity index (χ4n) is 2.02. The predicted octanol–water partition coefficient (Wildman–Crippen LogP) is 4.03. The largest absolute Gasteiger partial charge is 0.496 e. The molecule has 0 fully saturated rings. The first-order valence-corrected chi connectivity index (χ1v) is 6.05. The number of aromatic amines is 1. The molecule has 0 spiro atoms. The Balaban J connectivity index is 2.28. The van der Waals surface area contributed by atoms with Crippen molar-refractivity contribution < 1.29 is 9.13 Å². The molecule has 19 heavy (non-hydrogen) atoms. The molecular weight excluding hydrogens is 267 g/mol. The highest BCUT2D eigenvalue weighted by Gasteiger charge is 2.16. The summed E-state index contributed by atoms with van der Waals surface area (Å²) in [6, 6.07) is 10.0. The van der Waals surface area contributed by atoms with E-state index < -0.39 is 5.82 Å². The van der Waals surface area contributed by atoms with Gasteiger partial charge in [-0.05, 0) is 24.3 Å². The van der Waals surface area contributed by atoms with Gasteiger partial charge in [0.2, 0.25) is 0 Å². The van der Waals surface area contributed by atoms with Crippen LogP contribution >= 0.6 is 11.6 Å². The highest BCUT2D eigenvalue weighted by Crippen LogP contribution is 2.33. The number of fused-ring (bicyclic) bond motifs is 1. The molecular formula is C14H10ClFN2O. The second-order valence-electron chi connectivity index (χ2n) is 4.04. The molecule has 3 nitrogen and oxygen atoms in total. The Kier molecular flexibility index (Phi) is 2.87. The number of H-pyrrole nitrogens is 1. The van der Waals surface area contributed by atoms with Crippen molar-refractivity contribution >= 4 is 22.6 Å². The van der Waals surface area contributed by atoms with E-state index in [9.17, 15) is 4.39 Å². The van der Waals surface area contributed by atoms with E-state index in [1.165, 1.54) is 13.2 Å². The Labute approximate surface area is 114 Å². The SMILES string of the molecule is COc1cccc(F)c1-c1nc2c(Cl)cccc2[nH]1. The number of para-hydroxylation sites is 1. The van der Waals surface area contributed by atoms with Crippen LogP contribution in [0.5, 0.6) is 5.75 Å². The number of halogens is 2. The topological polar surface area (TPSA) is 37.9 Å². The molecule has 0 bridgehead atoms. The van der Waals surface area contributed by atoms with Crippen LogP contribution in [0.1, 0.15) is 0 Å². The standard InChI is InChI=1S/C14H10ClFN2O/c1-19-11-7-3-5-9(16)12(11)14-17-10-6-2-4-8(15)13(10)18-14/h2-7H,1H3,(H,17,18). The number of rotatable bonds is 2. The van der Waals surface area contributed by atoms with Gasteiger partial charge in [0, 0.05) is 0 Å². The molecule has 0 aliphatic rings. The molecule has 0 unspecified atom stereocenters. The van der Waals surface area contributed by atoms with Gasteiger partial charge in [0.25, 0.3) is 0 Å². The lowest BCUT2D eigenvalue weighted by Crippen LogP contribution is -1.92. The smallest absolute Gasteiger partial charge is 0.145 e. The van der Waals surface area contributed by atoms with Crippen LogP contribution in [0.15, 0.2) is 36.4 Å². The van der Waals surface area contributed by atoms with Gasteiger partial charge in [-0.3, -0.25) is 0 Å². The third-order valence-corrected chi connectivity index (χ3v) is 3.20. The maximum Gasteiger partial charge on any atom is 0.145 e. The molecule has 1 aromatic heterocycles. The Morgan fingerprint density at radius 2 is 2.00 bits per heavy atom. The Hall–Kier alpha value is -2.07. The summed E-state index contributed by atoms with van der Waals surface area (Å²) in [4.78, 5) is 7.40. The summed E-state index contributed by atoms with van der Waals surface area (Å²) in [6.07, 6.45) is 0. The average Bonchev–Trinajstić information content (AvgIpc) is 2.83. The summed E-state index contributed by atoms with van der Waals surface area (Å²) >= 11 is 6.06. The van der Waals surface area contributed by atoms with Crippen molar-refractivity contribution in [1.29, 1.82) is 0 Å². The van der Waals surface area contributed by atoms with E-state index in [1.807, 2.05) is 12.1 Å². The minimum atomic E-state index is -0.394. The molecule has 2 aromatic carbocycles. The molecule has 3 rings (SSSR count). The summed E-state index contributed by atoms with van der Waals surface area (Å²) in [5.74, 6) is 0.433. The van der Waals surface area contributed by atoms with Crippen molar-refractivity contribution in [1.82, 2.24) is 9.97 Å². The van der Waals surface area contributed by atoms with Crippen LogP contribution < -0.4 is 4.74 Å². The van der Waals surface area contributed by atoms with Crippen LogP contribution in [0.4, 0.5) is 4.39 Å². The maximum absolute atomic E-state index is 14.0. The van der Waals surface area contributed by atoms with E-state index in [0.29, 0.717) is 27.7 Å². The number of hydrogen-bond donors (Lipinski definition) is 1. The van der Waals surface area contributed by atoms with Gasteiger partial charge in [-0.15, -0.1) is 0 Å². The van der Waals surface area contributed by atoms with Crippen LogP contribution in [0.25, 0.3) is 22.4 Å². The van der Waals surface area contributed by atoms with Gasteiger partial charge in [0.15, 0.2) is 0 Å². The summed E-state index contributed by atoms with van der Waals surface area (Å²) in [5, 5.41) is 0.523. The highest BCUT2D eigenvalue weighted by molar-refractivity contribution is 6.35. The van der Waals surface area contributed by atoms with Gasteiger partial charge >= 0.3 is 0 Å². The van der Waals surface area contributed by atoms with Crippen LogP contribution in [-0.2, 0) is 0 Å². The van der Waals surface area contributed by atoms with Gasteiger partial charge in [0.05, 0.1) is 23.2 Å². The lowest BCUT2D eigenvalue weighted by atomic mass is 10.2. The monoisotopic (exact) mass is 276 g/mol. The van der Waals surface area contributed by atoms with Crippen LogP contribution in [0.2, 0.25) is 5.02 Å². The summed E-state index contributed by atoms with van der Waals surface area (Å²) < 4.78 is 19.2. The van der Waals surface area contributed by atoms with E-state index in [0.717, 1.165) is 5.52 Å². The van der Waals surface area contributed by atoms with Crippen LogP contribution in [0.3, 0.4) is 0 Å². The second kappa shape index (κ2) is 4.55. The zero-order valence-electron chi connectivity index (χ0n) is 10.1. The van der Waals surface area contributed by atoms with Gasteiger partial charge in [-0.25, -0.2) is 9.37 Å². The molecule has 3 aromatic rings. The van der Waals surface area contributed by atoms with Crippen molar-refractivity contribution in [2.24, 2.45) is 0 Å². The first-order chi connectivity index (χ1) is 9.20. The van der Waals surface area contributed by atoms with E-state index in [-0.39, 0.29) is 0 Å². The molecule has 0 atom stereocenters. The molecule has 0 aliphatic carbocycles. The first kappa shape index (κ1) is 12.0. The number of nitrogens with zero attached hydrogens (tertiary/aromatic N) is 1. The van der Waals surface area contributed by atoms with Crippen molar-refractivity contribution in [2.75, 3.05) is 7.11 Å². The van der Waals surface area contributed by atoms with Crippen molar-refractivity contribution in [3.63, 3.8) is 0 Å². The van der Waals surface area contributed by atoms with Gasteiger partial charge in [0.1, 0.15) is 22.9 Å². The molecule has 0 aliphatic heterocycles. The highest BCUT2D eigenvalue weighted by atomic mass is 35.5. The number of ether oxygens (including phenoxy) is 1. The lowest BCUT2D eigenvalue weighted by molar-refractivity contribution is 0.413. The first-order valence-electron chi connectivity index (χ1n) is 5.68. The number of methoxy groups -OCH3 is 1. The fourth-order valence-corrected chi connectivity index (χ4v) is 2.24. The fraction of sp³-hybridized carbons (Fsp3) is 0.0714. The minimum Gasteiger partial charge on any atom is -0.496 e. The molecule has 0 amide bonds. The zero-order chi connectivity index (χ0) is 13.4.